The van der Waals surface area contributed by atoms with E-state index in [-0.39, 0.29) is 10.7 Å². The number of rotatable bonds is 4. The summed E-state index contributed by atoms with van der Waals surface area (Å²) in [5.41, 5.74) is 7.05. The van der Waals surface area contributed by atoms with E-state index in [0.717, 1.165) is 10.0 Å². The number of aryl methyl sites for hydroxylation is 2. The van der Waals surface area contributed by atoms with E-state index < -0.39 is 10.0 Å². The zero-order valence-electron chi connectivity index (χ0n) is 11.1. The van der Waals surface area contributed by atoms with Gasteiger partial charge in [-0.05, 0) is 30.2 Å². The maximum Gasteiger partial charge on any atom is 0.267 e. The molecule has 0 spiro atoms. The summed E-state index contributed by atoms with van der Waals surface area (Å²) in [6.07, 6.45) is 2.09. The van der Waals surface area contributed by atoms with Crippen LogP contribution in [0.4, 0.5) is 11.5 Å². The highest BCUT2D eigenvalue weighted by Gasteiger charge is 2.21. The van der Waals surface area contributed by atoms with Crippen molar-refractivity contribution in [3.05, 3.63) is 34.4 Å². The Morgan fingerprint density at radius 3 is 2.70 bits per heavy atom. The summed E-state index contributed by atoms with van der Waals surface area (Å²) in [5, 5.41) is 3.84. The molecule has 6 nitrogen and oxygen atoms in total. The van der Waals surface area contributed by atoms with Crippen molar-refractivity contribution in [2.24, 2.45) is 7.05 Å². The number of nitrogen functional groups attached to an aromatic ring is 1. The van der Waals surface area contributed by atoms with E-state index >= 15 is 0 Å². The standard InChI is InChI=1S/C12H15BrN4O2S/c1-3-8-6-9(13)4-5-10(8)16-20(18,19)11-7-17(2)15-12(11)14/h4-7,16H,3H2,1-2H3,(H2,14,15). The van der Waals surface area contributed by atoms with Crippen LogP contribution in [-0.4, -0.2) is 18.2 Å². The molecule has 0 aliphatic rings. The Kier molecular flexibility index (Phi) is 4.05. The SMILES string of the molecule is CCc1cc(Br)ccc1NS(=O)(=O)c1cn(C)nc1N. The highest BCUT2D eigenvalue weighted by atomic mass is 79.9. The van der Waals surface area contributed by atoms with Crippen LogP contribution >= 0.6 is 15.9 Å². The van der Waals surface area contributed by atoms with Crippen molar-refractivity contribution in [2.75, 3.05) is 10.5 Å². The molecule has 2 rings (SSSR count). The molecule has 108 valence electrons. The van der Waals surface area contributed by atoms with Crippen LogP contribution in [0.2, 0.25) is 0 Å². The van der Waals surface area contributed by atoms with Crippen LogP contribution in [0.3, 0.4) is 0 Å². The second-order valence-corrected chi connectivity index (χ2v) is 6.88. The summed E-state index contributed by atoms with van der Waals surface area (Å²) >= 11 is 3.37. The minimum Gasteiger partial charge on any atom is -0.381 e. The topological polar surface area (TPSA) is 90.0 Å². The first-order valence-electron chi connectivity index (χ1n) is 5.94. The predicted octanol–water partition coefficient (Wildman–Crippen LogP) is 2.13. The minimum absolute atomic E-state index is 0.0184. The molecule has 0 aliphatic carbocycles. The Bertz CT molecular complexity index is 740. The lowest BCUT2D eigenvalue weighted by Gasteiger charge is -2.11. The van der Waals surface area contributed by atoms with Gasteiger partial charge < -0.3 is 5.73 Å². The molecule has 0 radical (unpaired) electrons. The monoisotopic (exact) mass is 358 g/mol. The quantitative estimate of drug-likeness (QED) is 0.875. The van der Waals surface area contributed by atoms with Crippen LogP contribution in [0.15, 0.2) is 33.8 Å². The molecule has 0 saturated carbocycles. The normalized spacial score (nSPS) is 11.6. The van der Waals surface area contributed by atoms with E-state index in [4.69, 9.17) is 5.73 Å². The van der Waals surface area contributed by atoms with Crippen LogP contribution in [0, 0.1) is 0 Å². The molecule has 3 N–H and O–H groups in total. The van der Waals surface area contributed by atoms with Crippen molar-refractivity contribution in [3.8, 4) is 0 Å². The lowest BCUT2D eigenvalue weighted by molar-refractivity contribution is 0.601. The van der Waals surface area contributed by atoms with E-state index in [1.54, 1.807) is 19.2 Å². The number of hydrogen-bond donors (Lipinski definition) is 2. The highest BCUT2D eigenvalue weighted by Crippen LogP contribution is 2.25. The zero-order chi connectivity index (χ0) is 14.9. The molecule has 2 aromatic rings. The van der Waals surface area contributed by atoms with Crippen molar-refractivity contribution >= 4 is 37.5 Å². The Morgan fingerprint density at radius 1 is 1.45 bits per heavy atom. The highest BCUT2D eigenvalue weighted by molar-refractivity contribution is 9.10. The van der Waals surface area contributed by atoms with Gasteiger partial charge >= 0.3 is 0 Å². The Balaban J connectivity index is 2.41. The number of nitrogens with two attached hydrogens (primary N) is 1. The molecule has 8 heteroatoms. The second kappa shape index (κ2) is 5.45. The van der Waals surface area contributed by atoms with Gasteiger partial charge in [-0.1, -0.05) is 22.9 Å². The maximum atomic E-state index is 12.3. The summed E-state index contributed by atoms with van der Waals surface area (Å²) < 4.78 is 29.5. The van der Waals surface area contributed by atoms with Gasteiger partial charge in [0.05, 0.1) is 5.69 Å². The molecule has 1 aromatic heterocycles. The molecular weight excluding hydrogens is 344 g/mol. The van der Waals surface area contributed by atoms with Crippen molar-refractivity contribution in [3.63, 3.8) is 0 Å². The van der Waals surface area contributed by atoms with Crippen molar-refractivity contribution < 1.29 is 8.42 Å². The minimum atomic E-state index is -3.74. The van der Waals surface area contributed by atoms with Crippen molar-refractivity contribution in [2.45, 2.75) is 18.2 Å². The van der Waals surface area contributed by atoms with Gasteiger partial charge in [0.25, 0.3) is 10.0 Å². The Hall–Kier alpha value is -1.54. The summed E-state index contributed by atoms with van der Waals surface area (Å²) in [6, 6.07) is 5.38. The van der Waals surface area contributed by atoms with Gasteiger partial charge in [-0.3, -0.25) is 9.40 Å². The van der Waals surface area contributed by atoms with Crippen LogP contribution in [-0.2, 0) is 23.5 Å². The number of aromatic nitrogens is 2. The largest absolute Gasteiger partial charge is 0.381 e. The van der Waals surface area contributed by atoms with Crippen LogP contribution in [0.25, 0.3) is 0 Å². The van der Waals surface area contributed by atoms with Gasteiger partial charge in [0, 0.05) is 17.7 Å². The number of halogens is 1. The van der Waals surface area contributed by atoms with Gasteiger partial charge in [0.15, 0.2) is 5.82 Å². The second-order valence-electron chi connectivity index (χ2n) is 4.31. The van der Waals surface area contributed by atoms with Gasteiger partial charge in [-0.25, -0.2) is 8.42 Å². The first-order chi connectivity index (χ1) is 9.33. The lowest BCUT2D eigenvalue weighted by atomic mass is 10.1. The number of benzene rings is 1. The third kappa shape index (κ3) is 2.96. The zero-order valence-corrected chi connectivity index (χ0v) is 13.5. The first-order valence-corrected chi connectivity index (χ1v) is 8.21. The molecule has 1 aromatic carbocycles. The van der Waals surface area contributed by atoms with E-state index in [1.165, 1.54) is 10.9 Å². The molecule has 1 heterocycles. The Labute approximate surface area is 126 Å². The van der Waals surface area contributed by atoms with Gasteiger partial charge in [0.1, 0.15) is 4.90 Å². The molecule has 0 unspecified atom stereocenters. The average molecular weight is 359 g/mol. The van der Waals surface area contributed by atoms with E-state index in [2.05, 4.69) is 25.8 Å². The molecule has 20 heavy (non-hydrogen) atoms. The van der Waals surface area contributed by atoms with E-state index in [1.807, 2.05) is 13.0 Å². The number of anilines is 2. The van der Waals surface area contributed by atoms with E-state index in [0.29, 0.717) is 12.1 Å². The Morgan fingerprint density at radius 2 is 2.15 bits per heavy atom. The molecule has 0 aliphatic heterocycles. The van der Waals surface area contributed by atoms with Crippen LogP contribution in [0.5, 0.6) is 0 Å². The number of nitrogens with zero attached hydrogens (tertiary/aromatic N) is 2. The van der Waals surface area contributed by atoms with Gasteiger partial charge in [-0.2, -0.15) is 5.10 Å². The number of hydrogen-bond acceptors (Lipinski definition) is 4. The molecule has 0 amide bonds. The molecule has 0 atom stereocenters. The summed E-state index contributed by atoms with van der Waals surface area (Å²) in [4.78, 5) is -0.0232. The van der Waals surface area contributed by atoms with Gasteiger partial charge in [-0.15, -0.1) is 0 Å². The maximum absolute atomic E-state index is 12.3. The molecular formula is C12H15BrN4O2S. The number of nitrogens with one attached hydrogen (secondary N) is 1. The summed E-state index contributed by atoms with van der Waals surface area (Å²) in [7, 11) is -2.12. The predicted molar refractivity (Wildman–Crippen MR) is 81.9 cm³/mol. The van der Waals surface area contributed by atoms with Gasteiger partial charge in [0.2, 0.25) is 0 Å². The molecule has 0 fully saturated rings. The summed E-state index contributed by atoms with van der Waals surface area (Å²) in [5.74, 6) is -0.0184. The fraction of sp³-hybridized carbons (Fsp3) is 0.250. The van der Waals surface area contributed by atoms with E-state index in [9.17, 15) is 8.42 Å². The van der Waals surface area contributed by atoms with Crippen molar-refractivity contribution in [1.29, 1.82) is 0 Å². The van der Waals surface area contributed by atoms with Crippen LogP contribution in [0.1, 0.15) is 12.5 Å². The van der Waals surface area contributed by atoms with Crippen molar-refractivity contribution in [1.82, 2.24) is 9.78 Å². The lowest BCUT2D eigenvalue weighted by Crippen LogP contribution is -2.15. The smallest absolute Gasteiger partial charge is 0.267 e. The fourth-order valence-electron chi connectivity index (χ4n) is 1.85. The van der Waals surface area contributed by atoms with Crippen LogP contribution < -0.4 is 10.5 Å². The average Bonchev–Trinajstić information content (AvgIpc) is 2.71. The molecule has 0 saturated heterocycles. The fourth-order valence-corrected chi connectivity index (χ4v) is 3.46. The third-order valence-corrected chi connectivity index (χ3v) is 4.68. The first kappa shape index (κ1) is 14.9. The summed E-state index contributed by atoms with van der Waals surface area (Å²) in [6.45, 7) is 1.96. The molecule has 0 bridgehead atoms. The number of sulfonamides is 1. The third-order valence-electron chi connectivity index (χ3n) is 2.80.